The highest BCUT2D eigenvalue weighted by atomic mass is 35.5. The van der Waals surface area contributed by atoms with Crippen LogP contribution in [0.4, 0.5) is 5.69 Å². The first-order valence-electron chi connectivity index (χ1n) is 11.9. The van der Waals surface area contributed by atoms with Gasteiger partial charge in [-0.15, -0.1) is 0 Å². The molecular weight excluding hydrogens is 472 g/mol. The second-order valence-electron chi connectivity index (χ2n) is 9.07. The molecule has 35 heavy (non-hydrogen) atoms. The number of aryl methyl sites for hydroxylation is 3. The SMILES string of the molecule is CCc1cccc(C)c1-n1c(C)cc(C2C(c3ccccn3)NC(=S)N2c2ccc(Cl)cc2)c1C. The average molecular weight is 501 g/mol. The highest BCUT2D eigenvalue weighted by molar-refractivity contribution is 7.80. The minimum absolute atomic E-state index is 0.0624. The molecule has 2 atom stereocenters. The van der Waals surface area contributed by atoms with Gasteiger partial charge in [-0.3, -0.25) is 4.98 Å². The lowest BCUT2D eigenvalue weighted by molar-refractivity contribution is 0.565. The largest absolute Gasteiger partial charge is 0.351 e. The number of aromatic nitrogens is 2. The van der Waals surface area contributed by atoms with Crippen molar-refractivity contribution in [3.05, 3.63) is 112 Å². The standard InChI is InChI=1S/C29H29ClN4S/c1-5-21-10-8-9-18(2)27(21)33-19(3)17-24(20(33)4)28-26(25-11-6-7-16-31-25)32-29(35)34(28)23-14-12-22(30)13-15-23/h6-17,26,28H,5H2,1-4H3,(H,32,35). The van der Waals surface area contributed by atoms with E-state index in [4.69, 9.17) is 28.8 Å². The molecule has 178 valence electrons. The van der Waals surface area contributed by atoms with Gasteiger partial charge in [-0.2, -0.15) is 0 Å². The van der Waals surface area contributed by atoms with Gasteiger partial charge in [0.15, 0.2) is 5.11 Å². The molecule has 2 aromatic heterocycles. The van der Waals surface area contributed by atoms with Crippen LogP contribution >= 0.6 is 23.8 Å². The van der Waals surface area contributed by atoms with Crippen LogP contribution in [0.15, 0.2) is 72.9 Å². The van der Waals surface area contributed by atoms with Crippen LogP contribution in [-0.4, -0.2) is 14.7 Å². The molecule has 1 saturated heterocycles. The van der Waals surface area contributed by atoms with E-state index in [2.05, 4.69) is 72.8 Å². The van der Waals surface area contributed by atoms with E-state index in [9.17, 15) is 0 Å². The molecule has 5 rings (SSSR count). The number of nitrogens with one attached hydrogen (secondary N) is 1. The number of hydrogen-bond donors (Lipinski definition) is 1. The first-order chi connectivity index (χ1) is 16.9. The fourth-order valence-corrected chi connectivity index (χ4v) is 5.78. The van der Waals surface area contributed by atoms with Crippen molar-refractivity contribution in [2.75, 3.05) is 4.90 Å². The third-order valence-electron chi connectivity index (χ3n) is 6.92. The second-order valence-corrected chi connectivity index (χ2v) is 9.89. The number of rotatable bonds is 5. The third kappa shape index (κ3) is 4.13. The topological polar surface area (TPSA) is 33.1 Å². The Morgan fingerprint density at radius 1 is 1.00 bits per heavy atom. The maximum Gasteiger partial charge on any atom is 0.174 e. The third-order valence-corrected chi connectivity index (χ3v) is 7.48. The van der Waals surface area contributed by atoms with Crippen LogP contribution in [0.25, 0.3) is 5.69 Å². The van der Waals surface area contributed by atoms with Crippen LogP contribution < -0.4 is 10.2 Å². The van der Waals surface area contributed by atoms with E-state index >= 15 is 0 Å². The van der Waals surface area contributed by atoms with Gasteiger partial charge < -0.3 is 14.8 Å². The number of nitrogens with zero attached hydrogens (tertiary/aromatic N) is 3. The summed E-state index contributed by atoms with van der Waals surface area (Å²) in [7, 11) is 0. The van der Waals surface area contributed by atoms with Gasteiger partial charge in [0.2, 0.25) is 0 Å². The number of anilines is 1. The Kier molecular flexibility index (Phi) is 6.39. The Hall–Kier alpha value is -3.15. The summed E-state index contributed by atoms with van der Waals surface area (Å²) in [5.74, 6) is 0. The molecule has 4 aromatic rings. The van der Waals surface area contributed by atoms with Gasteiger partial charge in [-0.25, -0.2) is 0 Å². The number of hydrogen-bond acceptors (Lipinski definition) is 2. The maximum absolute atomic E-state index is 6.21. The molecule has 1 N–H and O–H groups in total. The van der Waals surface area contributed by atoms with Crippen LogP contribution in [0.2, 0.25) is 5.02 Å². The molecule has 0 saturated carbocycles. The van der Waals surface area contributed by atoms with E-state index < -0.39 is 0 Å². The van der Waals surface area contributed by atoms with Crippen molar-refractivity contribution < 1.29 is 0 Å². The van der Waals surface area contributed by atoms with Crippen molar-refractivity contribution in [1.29, 1.82) is 0 Å². The maximum atomic E-state index is 6.21. The minimum atomic E-state index is -0.0872. The lowest BCUT2D eigenvalue weighted by atomic mass is 9.96. The quantitative estimate of drug-likeness (QED) is 0.294. The van der Waals surface area contributed by atoms with Gasteiger partial charge in [0, 0.05) is 28.3 Å². The lowest BCUT2D eigenvalue weighted by Gasteiger charge is -2.28. The highest BCUT2D eigenvalue weighted by Crippen LogP contribution is 2.44. The van der Waals surface area contributed by atoms with E-state index in [1.165, 1.54) is 33.8 Å². The normalized spacial score (nSPS) is 17.6. The zero-order chi connectivity index (χ0) is 24.7. The summed E-state index contributed by atoms with van der Waals surface area (Å²) in [5.41, 5.74) is 9.50. The van der Waals surface area contributed by atoms with Gasteiger partial charge >= 0.3 is 0 Å². The molecule has 1 aliphatic rings. The predicted octanol–water partition coefficient (Wildman–Crippen LogP) is 7.19. The van der Waals surface area contributed by atoms with Gasteiger partial charge in [0.05, 0.1) is 23.5 Å². The Bertz CT molecular complexity index is 1380. The summed E-state index contributed by atoms with van der Waals surface area (Å²) in [6.45, 7) is 8.80. The van der Waals surface area contributed by atoms with Crippen LogP contribution in [0.3, 0.4) is 0 Å². The first-order valence-corrected chi connectivity index (χ1v) is 12.7. The number of thiocarbonyl (C=S) groups is 1. The summed E-state index contributed by atoms with van der Waals surface area (Å²) >= 11 is 12.1. The Morgan fingerprint density at radius 2 is 1.77 bits per heavy atom. The molecule has 4 nitrogen and oxygen atoms in total. The lowest BCUT2D eigenvalue weighted by Crippen LogP contribution is -2.29. The Balaban J connectivity index is 1.71. The van der Waals surface area contributed by atoms with E-state index in [1.54, 1.807) is 0 Å². The predicted molar refractivity (Wildman–Crippen MR) is 149 cm³/mol. The van der Waals surface area contributed by atoms with Crippen molar-refractivity contribution in [2.45, 2.75) is 46.2 Å². The van der Waals surface area contributed by atoms with Crippen LogP contribution in [0.1, 0.15) is 52.8 Å². The molecule has 1 fully saturated rings. The van der Waals surface area contributed by atoms with Gasteiger partial charge in [0.25, 0.3) is 0 Å². The summed E-state index contributed by atoms with van der Waals surface area (Å²) in [6, 6.07) is 22.6. The molecule has 0 bridgehead atoms. The number of pyridine rings is 1. The fourth-order valence-electron chi connectivity index (χ4n) is 5.31. The molecule has 3 heterocycles. The van der Waals surface area contributed by atoms with Gasteiger partial charge in [-0.05, 0) is 98.6 Å². The molecular formula is C29H29ClN4S. The molecule has 0 spiro atoms. The second kappa shape index (κ2) is 9.48. The molecule has 2 unspecified atom stereocenters. The van der Waals surface area contributed by atoms with E-state index in [0.717, 1.165) is 17.8 Å². The van der Waals surface area contributed by atoms with E-state index in [0.29, 0.717) is 10.1 Å². The van der Waals surface area contributed by atoms with Crippen molar-refractivity contribution >= 4 is 34.6 Å². The summed E-state index contributed by atoms with van der Waals surface area (Å²) in [5, 5.41) is 4.95. The minimum Gasteiger partial charge on any atom is -0.351 e. The zero-order valence-electron chi connectivity index (χ0n) is 20.4. The molecule has 6 heteroatoms. The van der Waals surface area contributed by atoms with E-state index in [-0.39, 0.29) is 12.1 Å². The van der Waals surface area contributed by atoms with Gasteiger partial charge in [0.1, 0.15) is 0 Å². The van der Waals surface area contributed by atoms with Crippen LogP contribution in [0, 0.1) is 20.8 Å². The molecule has 2 aromatic carbocycles. The summed E-state index contributed by atoms with van der Waals surface area (Å²) in [6.07, 6.45) is 2.82. The first kappa shape index (κ1) is 23.6. The number of para-hydroxylation sites is 1. The average Bonchev–Trinajstić information content (AvgIpc) is 3.35. The Morgan fingerprint density at radius 3 is 2.46 bits per heavy atom. The molecule has 1 aliphatic heterocycles. The van der Waals surface area contributed by atoms with E-state index in [1.807, 2.05) is 42.6 Å². The fraction of sp³-hybridized carbons (Fsp3) is 0.241. The monoisotopic (exact) mass is 500 g/mol. The molecule has 0 amide bonds. The van der Waals surface area contributed by atoms with Crippen molar-refractivity contribution in [2.24, 2.45) is 0 Å². The van der Waals surface area contributed by atoms with Crippen LogP contribution in [0.5, 0.6) is 0 Å². The van der Waals surface area contributed by atoms with Crippen molar-refractivity contribution in [3.63, 3.8) is 0 Å². The smallest absolute Gasteiger partial charge is 0.174 e. The Labute approximate surface area is 217 Å². The summed E-state index contributed by atoms with van der Waals surface area (Å²) in [4.78, 5) is 6.90. The van der Waals surface area contributed by atoms with Gasteiger partial charge in [-0.1, -0.05) is 42.8 Å². The number of benzene rings is 2. The zero-order valence-corrected chi connectivity index (χ0v) is 22.0. The molecule has 0 radical (unpaired) electrons. The molecule has 0 aliphatic carbocycles. The summed E-state index contributed by atoms with van der Waals surface area (Å²) < 4.78 is 2.40. The van der Waals surface area contributed by atoms with Crippen molar-refractivity contribution in [1.82, 2.24) is 14.9 Å². The van der Waals surface area contributed by atoms with Crippen molar-refractivity contribution in [3.8, 4) is 5.69 Å². The van der Waals surface area contributed by atoms with Crippen LogP contribution in [-0.2, 0) is 6.42 Å². The number of halogens is 1. The highest BCUT2D eigenvalue weighted by Gasteiger charge is 2.42.